The highest BCUT2D eigenvalue weighted by Crippen LogP contribution is 2.08. The summed E-state index contributed by atoms with van der Waals surface area (Å²) in [6.07, 6.45) is 0. The number of rotatable bonds is 4. The van der Waals surface area contributed by atoms with Crippen LogP contribution in [-0.2, 0) is 6.54 Å². The van der Waals surface area contributed by atoms with Gasteiger partial charge in [-0.25, -0.2) is 0 Å². The molecule has 0 unspecified atom stereocenters. The molecule has 0 radical (unpaired) electrons. The second-order valence-electron chi connectivity index (χ2n) is 4.00. The van der Waals surface area contributed by atoms with E-state index in [1.54, 1.807) is 12.1 Å². The molecule has 0 bridgehead atoms. The Hall–Kier alpha value is -2.62. The SMILES string of the molecule is O=C([O-])c1ccccc1C(=O)NCc1ccccc1. The maximum atomic E-state index is 11.9. The van der Waals surface area contributed by atoms with Crippen LogP contribution in [-0.4, -0.2) is 11.9 Å². The molecule has 0 aliphatic rings. The Balaban J connectivity index is 2.10. The Morgan fingerprint density at radius 1 is 0.895 bits per heavy atom. The first-order valence-electron chi connectivity index (χ1n) is 5.81. The number of amides is 1. The lowest BCUT2D eigenvalue weighted by atomic mass is 10.1. The number of carbonyl (C=O) groups is 2. The van der Waals surface area contributed by atoms with E-state index < -0.39 is 11.9 Å². The molecule has 2 rings (SSSR count). The normalized spacial score (nSPS) is 9.89. The van der Waals surface area contributed by atoms with E-state index >= 15 is 0 Å². The zero-order valence-corrected chi connectivity index (χ0v) is 10.1. The van der Waals surface area contributed by atoms with Gasteiger partial charge in [-0.15, -0.1) is 0 Å². The number of benzene rings is 2. The van der Waals surface area contributed by atoms with Gasteiger partial charge in [0.2, 0.25) is 0 Å². The quantitative estimate of drug-likeness (QED) is 0.884. The monoisotopic (exact) mass is 254 g/mol. The summed E-state index contributed by atoms with van der Waals surface area (Å²) in [5.41, 5.74) is 0.952. The molecular formula is C15H12NO3-. The Bertz CT molecular complexity index is 593. The fraction of sp³-hybridized carbons (Fsp3) is 0.0667. The molecule has 4 heteroatoms. The lowest BCUT2D eigenvalue weighted by Crippen LogP contribution is -2.29. The van der Waals surface area contributed by atoms with Crippen molar-refractivity contribution in [2.45, 2.75) is 6.54 Å². The van der Waals surface area contributed by atoms with Crippen molar-refractivity contribution in [2.24, 2.45) is 0 Å². The molecule has 0 saturated heterocycles. The Morgan fingerprint density at radius 2 is 1.47 bits per heavy atom. The number of carboxylic acid groups (broad SMARTS) is 1. The highest BCUT2D eigenvalue weighted by Gasteiger charge is 2.10. The first-order valence-corrected chi connectivity index (χ1v) is 5.81. The second-order valence-corrected chi connectivity index (χ2v) is 4.00. The number of hydrogen-bond acceptors (Lipinski definition) is 3. The van der Waals surface area contributed by atoms with Crippen molar-refractivity contribution in [1.29, 1.82) is 0 Å². The highest BCUT2D eigenvalue weighted by molar-refractivity contribution is 6.04. The number of nitrogens with one attached hydrogen (secondary N) is 1. The molecule has 4 nitrogen and oxygen atoms in total. The molecule has 0 aromatic heterocycles. The predicted octanol–water partition coefficient (Wildman–Crippen LogP) is 0.980. The minimum absolute atomic E-state index is 0.104. The first-order chi connectivity index (χ1) is 9.18. The molecule has 0 aliphatic heterocycles. The number of hydrogen-bond donors (Lipinski definition) is 1. The second kappa shape index (κ2) is 5.82. The molecule has 2 aromatic carbocycles. The zero-order valence-electron chi connectivity index (χ0n) is 10.1. The highest BCUT2D eigenvalue weighted by atomic mass is 16.4. The Labute approximate surface area is 110 Å². The van der Waals surface area contributed by atoms with Crippen LogP contribution < -0.4 is 10.4 Å². The molecule has 2 aromatic rings. The van der Waals surface area contributed by atoms with Gasteiger partial charge in [0.05, 0.1) is 5.97 Å². The largest absolute Gasteiger partial charge is 0.545 e. The van der Waals surface area contributed by atoms with Gasteiger partial charge in [-0.2, -0.15) is 0 Å². The summed E-state index contributed by atoms with van der Waals surface area (Å²) in [5, 5.41) is 13.6. The van der Waals surface area contributed by atoms with Gasteiger partial charge in [0.1, 0.15) is 0 Å². The molecule has 0 aliphatic carbocycles. The van der Waals surface area contributed by atoms with Gasteiger partial charge in [0.25, 0.3) is 5.91 Å². The third kappa shape index (κ3) is 3.19. The molecule has 0 spiro atoms. The summed E-state index contributed by atoms with van der Waals surface area (Å²) in [5.74, 6) is -1.78. The molecule has 19 heavy (non-hydrogen) atoms. The zero-order chi connectivity index (χ0) is 13.7. The Morgan fingerprint density at radius 3 is 2.11 bits per heavy atom. The number of aromatic carboxylic acids is 1. The van der Waals surface area contributed by atoms with Crippen molar-refractivity contribution >= 4 is 11.9 Å². The fourth-order valence-electron chi connectivity index (χ4n) is 1.73. The lowest BCUT2D eigenvalue weighted by molar-refractivity contribution is -0.255. The molecule has 1 amide bonds. The van der Waals surface area contributed by atoms with Crippen LogP contribution in [0.25, 0.3) is 0 Å². The van der Waals surface area contributed by atoms with Crippen LogP contribution >= 0.6 is 0 Å². The van der Waals surface area contributed by atoms with Crippen molar-refractivity contribution in [3.05, 3.63) is 71.3 Å². The molecular weight excluding hydrogens is 242 g/mol. The number of carbonyl (C=O) groups excluding carboxylic acids is 2. The van der Waals surface area contributed by atoms with Gasteiger partial charge in [0.15, 0.2) is 0 Å². The molecule has 0 heterocycles. The Kier molecular flexibility index (Phi) is 3.93. The predicted molar refractivity (Wildman–Crippen MR) is 68.4 cm³/mol. The van der Waals surface area contributed by atoms with E-state index in [0.717, 1.165) is 5.56 Å². The van der Waals surface area contributed by atoms with Crippen LogP contribution in [0.3, 0.4) is 0 Å². The molecule has 96 valence electrons. The van der Waals surface area contributed by atoms with Gasteiger partial charge in [0, 0.05) is 17.7 Å². The lowest BCUT2D eigenvalue weighted by Gasteiger charge is -2.10. The number of carboxylic acids is 1. The molecule has 0 saturated carbocycles. The van der Waals surface area contributed by atoms with Gasteiger partial charge in [-0.1, -0.05) is 48.5 Å². The smallest absolute Gasteiger partial charge is 0.252 e. The minimum Gasteiger partial charge on any atom is -0.545 e. The summed E-state index contributed by atoms with van der Waals surface area (Å²) in [4.78, 5) is 22.9. The van der Waals surface area contributed by atoms with E-state index in [0.29, 0.717) is 6.54 Å². The maximum Gasteiger partial charge on any atom is 0.252 e. The van der Waals surface area contributed by atoms with E-state index in [2.05, 4.69) is 5.32 Å². The summed E-state index contributed by atoms with van der Waals surface area (Å²) < 4.78 is 0. The van der Waals surface area contributed by atoms with Gasteiger partial charge in [-0.05, 0) is 11.6 Å². The average Bonchev–Trinajstić information content (AvgIpc) is 2.46. The topological polar surface area (TPSA) is 69.2 Å². The van der Waals surface area contributed by atoms with Crippen molar-refractivity contribution in [3.8, 4) is 0 Å². The maximum absolute atomic E-state index is 11.9. The van der Waals surface area contributed by atoms with Gasteiger partial charge >= 0.3 is 0 Å². The van der Waals surface area contributed by atoms with Crippen molar-refractivity contribution in [3.63, 3.8) is 0 Å². The van der Waals surface area contributed by atoms with E-state index in [1.165, 1.54) is 12.1 Å². The summed E-state index contributed by atoms with van der Waals surface area (Å²) in [7, 11) is 0. The van der Waals surface area contributed by atoms with E-state index in [9.17, 15) is 14.7 Å². The molecule has 0 fully saturated rings. The van der Waals surface area contributed by atoms with Crippen LogP contribution in [0, 0.1) is 0 Å². The minimum atomic E-state index is -1.36. The summed E-state index contributed by atoms with van der Waals surface area (Å²) in [6, 6.07) is 15.4. The van der Waals surface area contributed by atoms with Crippen molar-refractivity contribution in [2.75, 3.05) is 0 Å². The average molecular weight is 254 g/mol. The van der Waals surface area contributed by atoms with Crippen LogP contribution in [0.1, 0.15) is 26.3 Å². The van der Waals surface area contributed by atoms with Crippen LogP contribution in [0.15, 0.2) is 54.6 Å². The molecule has 0 atom stereocenters. The summed E-state index contributed by atoms with van der Waals surface area (Å²) >= 11 is 0. The third-order valence-electron chi connectivity index (χ3n) is 2.69. The van der Waals surface area contributed by atoms with Gasteiger partial charge in [-0.3, -0.25) is 4.79 Å². The fourth-order valence-corrected chi connectivity index (χ4v) is 1.73. The van der Waals surface area contributed by atoms with Crippen LogP contribution in [0.2, 0.25) is 0 Å². The van der Waals surface area contributed by atoms with Crippen LogP contribution in [0.5, 0.6) is 0 Å². The van der Waals surface area contributed by atoms with E-state index in [4.69, 9.17) is 0 Å². The third-order valence-corrected chi connectivity index (χ3v) is 2.69. The molecule has 1 N–H and O–H groups in total. The van der Waals surface area contributed by atoms with E-state index in [-0.39, 0.29) is 11.1 Å². The van der Waals surface area contributed by atoms with E-state index in [1.807, 2.05) is 30.3 Å². The first kappa shape index (κ1) is 12.8. The van der Waals surface area contributed by atoms with Crippen LogP contribution in [0.4, 0.5) is 0 Å². The van der Waals surface area contributed by atoms with Crippen molar-refractivity contribution < 1.29 is 14.7 Å². The summed E-state index contributed by atoms with van der Waals surface area (Å²) in [6.45, 7) is 0.348. The van der Waals surface area contributed by atoms with Crippen molar-refractivity contribution in [1.82, 2.24) is 5.32 Å². The standard InChI is InChI=1S/C15H13NO3/c17-14(16-10-11-6-2-1-3-7-11)12-8-4-5-9-13(12)15(18)19/h1-9H,10H2,(H,16,17)(H,18,19)/p-1. The van der Waals surface area contributed by atoms with Gasteiger partial charge < -0.3 is 15.2 Å².